The Balaban J connectivity index is 1.57. The van der Waals surface area contributed by atoms with Gasteiger partial charge < -0.3 is 0 Å². The molecular formula is C27H23F2N3O7Se. The van der Waals surface area contributed by atoms with E-state index in [-0.39, 0.29) is 46.2 Å². The molecule has 3 aliphatic heterocycles. The number of morpholine rings is 1. The molecule has 0 radical (unpaired) electrons. The molecule has 4 heterocycles. The average Bonchev–Trinajstić information content (AvgIpc) is 3.11. The summed E-state index contributed by atoms with van der Waals surface area (Å²) in [6.07, 6.45) is -0.206. The third-order valence-corrected chi connectivity index (χ3v) is 9.43. The Morgan fingerprint density at radius 1 is 1.12 bits per heavy atom. The number of ether oxygens (including phenoxy) is 4. The predicted molar refractivity (Wildman–Crippen MR) is 137 cm³/mol. The van der Waals surface area contributed by atoms with Crippen molar-refractivity contribution in [2.24, 2.45) is 0 Å². The number of hydrogen-bond acceptors (Lipinski definition) is 8. The summed E-state index contributed by atoms with van der Waals surface area (Å²) >= 11 is -0.0788. The molecule has 40 heavy (non-hydrogen) atoms. The van der Waals surface area contributed by atoms with Gasteiger partial charge in [0.2, 0.25) is 0 Å². The first-order chi connectivity index (χ1) is 19.4. The number of nitrogens with zero attached hydrogens (tertiary/aromatic N) is 3. The van der Waals surface area contributed by atoms with E-state index in [1.165, 1.54) is 29.1 Å². The molecule has 1 amide bonds. The van der Waals surface area contributed by atoms with Gasteiger partial charge in [-0.1, -0.05) is 0 Å². The summed E-state index contributed by atoms with van der Waals surface area (Å²) in [6.45, 7) is -0.0255. The predicted octanol–water partition coefficient (Wildman–Crippen LogP) is 1.63. The molecule has 0 unspecified atom stereocenters. The van der Waals surface area contributed by atoms with Crippen molar-refractivity contribution in [1.29, 1.82) is 0 Å². The van der Waals surface area contributed by atoms with Crippen LogP contribution in [0.2, 0.25) is 0 Å². The topological polar surface area (TPSA) is 99.5 Å². The summed E-state index contributed by atoms with van der Waals surface area (Å²) < 4.78 is 52.3. The van der Waals surface area contributed by atoms with E-state index in [4.69, 9.17) is 14.2 Å². The van der Waals surface area contributed by atoms with E-state index in [0.29, 0.717) is 16.4 Å². The first-order valence-electron chi connectivity index (χ1n) is 12.3. The summed E-state index contributed by atoms with van der Waals surface area (Å²) in [5.74, 6) is -2.71. The number of fused-ring (bicyclic) bond motifs is 4. The number of carbonyl (C=O) groups is 2. The molecule has 1 fully saturated rings. The zero-order valence-electron chi connectivity index (χ0n) is 21.2. The van der Waals surface area contributed by atoms with Gasteiger partial charge in [0.25, 0.3) is 0 Å². The van der Waals surface area contributed by atoms with Crippen LogP contribution in [-0.2, 0) is 19.5 Å². The van der Waals surface area contributed by atoms with Crippen LogP contribution in [0.3, 0.4) is 0 Å². The van der Waals surface area contributed by atoms with Crippen molar-refractivity contribution in [3.05, 3.63) is 92.9 Å². The van der Waals surface area contributed by atoms with E-state index >= 15 is 0 Å². The zero-order valence-corrected chi connectivity index (χ0v) is 22.9. The fourth-order valence-corrected chi connectivity index (χ4v) is 7.55. The molecule has 208 valence electrons. The van der Waals surface area contributed by atoms with E-state index in [1.807, 2.05) is 29.3 Å². The molecule has 2 aromatic carbocycles. The number of amides is 1. The van der Waals surface area contributed by atoms with Crippen molar-refractivity contribution < 1.29 is 37.3 Å². The van der Waals surface area contributed by atoms with Crippen molar-refractivity contribution in [3.8, 4) is 5.75 Å². The number of benzene rings is 2. The van der Waals surface area contributed by atoms with Gasteiger partial charge in [0.1, 0.15) is 0 Å². The number of aromatic nitrogens is 1. The van der Waals surface area contributed by atoms with Gasteiger partial charge in [0, 0.05) is 0 Å². The van der Waals surface area contributed by atoms with Crippen LogP contribution in [0.1, 0.15) is 33.2 Å². The number of halogens is 2. The van der Waals surface area contributed by atoms with Gasteiger partial charge in [-0.25, -0.2) is 0 Å². The molecule has 0 spiro atoms. The fourth-order valence-electron chi connectivity index (χ4n) is 5.28. The fraction of sp³-hybridized carbons (Fsp3) is 0.296. The molecule has 1 saturated heterocycles. The Morgan fingerprint density at radius 3 is 2.75 bits per heavy atom. The molecule has 0 bridgehead atoms. The molecule has 0 aliphatic carbocycles. The van der Waals surface area contributed by atoms with E-state index in [2.05, 4.69) is 4.74 Å². The van der Waals surface area contributed by atoms with Gasteiger partial charge in [0.15, 0.2) is 0 Å². The summed E-state index contributed by atoms with van der Waals surface area (Å²) in [4.78, 5) is 39.8. The Labute approximate surface area is 233 Å². The van der Waals surface area contributed by atoms with Crippen LogP contribution in [0.4, 0.5) is 13.6 Å². The molecule has 1 aromatic heterocycles. The van der Waals surface area contributed by atoms with E-state index in [1.54, 1.807) is 4.90 Å². The Kier molecular flexibility index (Phi) is 6.95. The van der Waals surface area contributed by atoms with Crippen molar-refractivity contribution in [3.63, 3.8) is 0 Å². The molecule has 3 aromatic rings. The minimum absolute atomic E-state index is 0.0788. The van der Waals surface area contributed by atoms with Gasteiger partial charge in [-0.3, -0.25) is 0 Å². The second-order valence-corrected chi connectivity index (χ2v) is 11.3. The molecule has 0 saturated carbocycles. The van der Waals surface area contributed by atoms with E-state index < -0.39 is 48.1 Å². The van der Waals surface area contributed by atoms with Crippen LogP contribution < -0.4 is 19.6 Å². The Hall–Kier alpha value is -3.93. The first-order valence-corrected chi connectivity index (χ1v) is 14.4. The summed E-state index contributed by atoms with van der Waals surface area (Å²) in [5, 5.41) is 2.39. The average molecular weight is 618 g/mol. The van der Waals surface area contributed by atoms with Gasteiger partial charge in [-0.05, 0) is 0 Å². The Morgan fingerprint density at radius 2 is 1.93 bits per heavy atom. The number of hydrogen-bond donors (Lipinski definition) is 0. The van der Waals surface area contributed by atoms with E-state index in [9.17, 15) is 23.2 Å². The van der Waals surface area contributed by atoms with Crippen LogP contribution in [0.25, 0.3) is 0 Å². The van der Waals surface area contributed by atoms with Gasteiger partial charge >= 0.3 is 226 Å². The SMILES string of the molecule is COC(=O)OCOc1c2n(ccc1=O)N([C@H]1c3cc(F)c(F)cc3C[Se]c3ccccc31)[C@@H]1COCCN1C2=O. The zero-order chi connectivity index (χ0) is 28.0. The molecule has 10 nitrogen and oxygen atoms in total. The minimum atomic E-state index is -1.02. The van der Waals surface area contributed by atoms with Crippen molar-refractivity contribution in [2.45, 2.75) is 17.5 Å². The van der Waals surface area contributed by atoms with Crippen molar-refractivity contribution >= 4 is 31.5 Å². The summed E-state index contributed by atoms with van der Waals surface area (Å²) in [6, 6.07) is 10.7. The summed E-state index contributed by atoms with van der Waals surface area (Å²) in [7, 11) is 1.12. The number of methoxy groups -OCH3 is 1. The van der Waals surface area contributed by atoms with Crippen LogP contribution in [0, 0.1) is 11.6 Å². The van der Waals surface area contributed by atoms with Crippen LogP contribution in [-0.4, -0.2) is 76.4 Å². The quantitative estimate of drug-likeness (QED) is 0.247. The second-order valence-electron chi connectivity index (χ2n) is 9.19. The summed E-state index contributed by atoms with van der Waals surface area (Å²) in [5.41, 5.74) is 1.39. The monoisotopic (exact) mass is 619 g/mol. The molecule has 3 aliphatic rings. The van der Waals surface area contributed by atoms with E-state index in [0.717, 1.165) is 17.1 Å². The van der Waals surface area contributed by atoms with Gasteiger partial charge in [-0.2, -0.15) is 0 Å². The number of rotatable bonds is 4. The second kappa shape index (κ2) is 10.6. The van der Waals surface area contributed by atoms with Crippen molar-refractivity contribution in [2.75, 3.05) is 38.7 Å². The maximum absolute atomic E-state index is 14.8. The maximum atomic E-state index is 14.8. The number of pyridine rings is 1. The standard InChI is InChI=1S/C27H23F2N3O7Se/c1-36-27(35)39-14-38-25-20(33)6-7-31-24(25)26(34)30-8-9-37-12-22(30)32(31)23-16-4-2-3-5-21(16)40-13-15-10-18(28)19(29)11-17(15)23/h2-7,10-11,22-23H,8-9,12-14H2,1H3/t22-,23-/m1/s1. The Bertz CT molecular complexity index is 1570. The van der Waals surface area contributed by atoms with Gasteiger partial charge in [-0.15, -0.1) is 0 Å². The molecule has 0 N–H and O–H groups in total. The normalized spacial score (nSPS) is 19.5. The van der Waals surface area contributed by atoms with Gasteiger partial charge in [0.05, 0.1) is 7.11 Å². The third kappa shape index (κ3) is 4.40. The molecule has 6 rings (SSSR count). The number of carbonyl (C=O) groups excluding carboxylic acids is 2. The first kappa shape index (κ1) is 26.3. The molecule has 2 atom stereocenters. The molecular weight excluding hydrogens is 595 g/mol. The van der Waals surface area contributed by atoms with Crippen molar-refractivity contribution in [1.82, 2.24) is 9.58 Å². The molecule has 13 heteroatoms. The third-order valence-electron chi connectivity index (χ3n) is 7.04. The van der Waals surface area contributed by atoms with Crippen LogP contribution in [0.5, 0.6) is 5.75 Å². The van der Waals surface area contributed by atoms with Crippen LogP contribution >= 0.6 is 0 Å². The van der Waals surface area contributed by atoms with Crippen LogP contribution in [0.15, 0.2) is 53.5 Å².